The number of amides is 1. The number of hydrogen-bond acceptors (Lipinski definition) is 3. The molecule has 3 rings (SSSR count). The Kier molecular flexibility index (Phi) is 6.87. The van der Waals surface area contributed by atoms with Gasteiger partial charge in [0, 0.05) is 19.1 Å². The number of nitrogens with zero attached hydrogens (tertiary/aromatic N) is 1. The van der Waals surface area contributed by atoms with E-state index in [1.165, 1.54) is 32.4 Å². The molecule has 1 amide bonds. The van der Waals surface area contributed by atoms with Gasteiger partial charge in [-0.2, -0.15) is 0 Å². The maximum atomic E-state index is 11.8. The Morgan fingerprint density at radius 2 is 2.00 bits per heavy atom. The fraction of sp³-hybridized carbons (Fsp3) is 0.923. The van der Waals surface area contributed by atoms with Crippen molar-refractivity contribution >= 4 is 30.7 Å². The van der Waals surface area contributed by atoms with Crippen molar-refractivity contribution in [2.24, 2.45) is 5.92 Å². The Bertz CT molecular complexity index is 294. The number of carbonyl (C=O) groups is 1. The summed E-state index contributed by atoms with van der Waals surface area (Å²) in [5.41, 5.74) is 0. The van der Waals surface area contributed by atoms with Crippen LogP contribution in [0.2, 0.25) is 0 Å². The summed E-state index contributed by atoms with van der Waals surface area (Å²) in [5.74, 6) is 0.897. The van der Waals surface area contributed by atoms with E-state index >= 15 is 0 Å². The summed E-state index contributed by atoms with van der Waals surface area (Å²) < 4.78 is 0. The minimum Gasteiger partial charge on any atom is -0.354 e. The maximum absolute atomic E-state index is 11.8. The Morgan fingerprint density at radius 3 is 2.63 bits per heavy atom. The van der Waals surface area contributed by atoms with Gasteiger partial charge in [0.05, 0.1) is 6.04 Å². The van der Waals surface area contributed by atoms with Gasteiger partial charge in [0.15, 0.2) is 0 Å². The molecule has 112 valence electrons. The van der Waals surface area contributed by atoms with Gasteiger partial charge in [-0.15, -0.1) is 24.8 Å². The molecule has 0 aromatic carbocycles. The second-order valence-corrected chi connectivity index (χ2v) is 5.77. The highest BCUT2D eigenvalue weighted by molar-refractivity contribution is 5.85. The molecule has 1 aliphatic carbocycles. The van der Waals surface area contributed by atoms with Crippen LogP contribution in [-0.4, -0.2) is 49.1 Å². The predicted octanol–water partition coefficient (Wildman–Crippen LogP) is 1.18. The maximum Gasteiger partial charge on any atom is 0.237 e. The number of likely N-dealkylation sites (tertiary alicyclic amines) is 1. The molecule has 0 spiro atoms. The zero-order valence-corrected chi connectivity index (χ0v) is 12.9. The van der Waals surface area contributed by atoms with Gasteiger partial charge in [-0.05, 0) is 51.1 Å². The average Bonchev–Trinajstić information content (AvgIpc) is 2.88. The molecule has 2 aliphatic heterocycles. The van der Waals surface area contributed by atoms with Crippen molar-refractivity contribution in [2.45, 2.75) is 44.2 Å². The fourth-order valence-corrected chi connectivity index (χ4v) is 3.08. The van der Waals surface area contributed by atoms with E-state index in [0.717, 1.165) is 32.0 Å². The molecule has 6 heteroatoms. The van der Waals surface area contributed by atoms with Crippen molar-refractivity contribution in [3.8, 4) is 0 Å². The first-order valence-electron chi connectivity index (χ1n) is 7.08. The zero-order valence-electron chi connectivity index (χ0n) is 11.3. The SMILES string of the molecule is Cl.Cl.O=C(NCC1CCN(C2CC2)C1)C1CCCN1. The second kappa shape index (κ2) is 7.67. The van der Waals surface area contributed by atoms with Gasteiger partial charge >= 0.3 is 0 Å². The number of hydrogen-bond donors (Lipinski definition) is 2. The quantitative estimate of drug-likeness (QED) is 0.820. The Labute approximate surface area is 127 Å². The van der Waals surface area contributed by atoms with Gasteiger partial charge in [0.2, 0.25) is 5.91 Å². The highest BCUT2D eigenvalue weighted by Gasteiger charge is 2.34. The van der Waals surface area contributed by atoms with Crippen LogP contribution < -0.4 is 10.6 Å². The van der Waals surface area contributed by atoms with Crippen LogP contribution in [-0.2, 0) is 4.79 Å². The first kappa shape index (κ1) is 17.0. The average molecular weight is 310 g/mol. The Hall–Kier alpha value is -0.0300. The van der Waals surface area contributed by atoms with Gasteiger partial charge in [-0.3, -0.25) is 4.79 Å². The fourth-order valence-electron chi connectivity index (χ4n) is 3.08. The molecule has 2 atom stereocenters. The van der Waals surface area contributed by atoms with Crippen molar-refractivity contribution < 1.29 is 4.79 Å². The van der Waals surface area contributed by atoms with Crippen molar-refractivity contribution in [3.05, 3.63) is 0 Å². The standard InChI is InChI=1S/C13H23N3O.2ClH/c17-13(12-2-1-6-14-12)15-8-10-5-7-16(9-10)11-3-4-11;;/h10-12,14H,1-9H2,(H,15,17);2*1H. The number of halogens is 2. The van der Waals surface area contributed by atoms with Crippen molar-refractivity contribution in [3.63, 3.8) is 0 Å². The van der Waals surface area contributed by atoms with Crippen LogP contribution in [0.4, 0.5) is 0 Å². The van der Waals surface area contributed by atoms with E-state index in [2.05, 4.69) is 15.5 Å². The predicted molar refractivity (Wildman–Crippen MR) is 81.2 cm³/mol. The van der Waals surface area contributed by atoms with Gasteiger partial charge in [-0.25, -0.2) is 0 Å². The summed E-state index contributed by atoms with van der Waals surface area (Å²) in [5, 5.41) is 6.36. The van der Waals surface area contributed by atoms with Crippen LogP contribution in [0.25, 0.3) is 0 Å². The summed E-state index contributed by atoms with van der Waals surface area (Å²) in [6, 6.07) is 0.961. The molecule has 19 heavy (non-hydrogen) atoms. The van der Waals surface area contributed by atoms with Gasteiger partial charge < -0.3 is 15.5 Å². The summed E-state index contributed by atoms with van der Waals surface area (Å²) >= 11 is 0. The molecule has 0 aromatic heterocycles. The van der Waals surface area contributed by atoms with Crippen molar-refractivity contribution in [1.82, 2.24) is 15.5 Å². The highest BCUT2D eigenvalue weighted by Crippen LogP contribution is 2.31. The molecule has 2 N–H and O–H groups in total. The summed E-state index contributed by atoms with van der Waals surface area (Å²) in [7, 11) is 0. The molecule has 3 aliphatic rings. The first-order chi connectivity index (χ1) is 8.33. The van der Waals surface area contributed by atoms with E-state index in [0.29, 0.717) is 5.92 Å². The van der Waals surface area contributed by atoms with E-state index < -0.39 is 0 Å². The van der Waals surface area contributed by atoms with Gasteiger partial charge in [0.1, 0.15) is 0 Å². The molecule has 1 saturated carbocycles. The van der Waals surface area contributed by atoms with Crippen LogP contribution in [0, 0.1) is 5.92 Å². The van der Waals surface area contributed by atoms with E-state index in [4.69, 9.17) is 0 Å². The normalized spacial score (nSPS) is 30.5. The molecular formula is C13H25Cl2N3O. The lowest BCUT2D eigenvalue weighted by atomic mass is 10.1. The van der Waals surface area contributed by atoms with E-state index in [-0.39, 0.29) is 36.8 Å². The third kappa shape index (κ3) is 4.48. The Morgan fingerprint density at radius 1 is 1.21 bits per heavy atom. The molecule has 2 saturated heterocycles. The molecule has 0 aromatic rings. The second-order valence-electron chi connectivity index (χ2n) is 5.77. The van der Waals surface area contributed by atoms with E-state index in [9.17, 15) is 4.79 Å². The number of nitrogens with one attached hydrogen (secondary N) is 2. The molecule has 0 bridgehead atoms. The zero-order chi connectivity index (χ0) is 11.7. The van der Waals surface area contributed by atoms with Gasteiger partial charge in [-0.1, -0.05) is 0 Å². The summed E-state index contributed by atoms with van der Waals surface area (Å²) in [4.78, 5) is 14.4. The molecule has 4 nitrogen and oxygen atoms in total. The van der Waals surface area contributed by atoms with Crippen LogP contribution >= 0.6 is 24.8 Å². The third-order valence-corrected chi connectivity index (χ3v) is 4.32. The molecule has 2 unspecified atom stereocenters. The van der Waals surface area contributed by atoms with Crippen LogP contribution in [0.15, 0.2) is 0 Å². The molecule has 3 fully saturated rings. The third-order valence-electron chi connectivity index (χ3n) is 4.32. The van der Waals surface area contributed by atoms with Gasteiger partial charge in [0.25, 0.3) is 0 Å². The lowest BCUT2D eigenvalue weighted by Gasteiger charge is -2.16. The van der Waals surface area contributed by atoms with Crippen LogP contribution in [0.5, 0.6) is 0 Å². The summed E-state index contributed by atoms with van der Waals surface area (Å²) in [6.45, 7) is 4.31. The minimum absolute atomic E-state index is 0. The number of rotatable bonds is 4. The van der Waals surface area contributed by atoms with E-state index in [1.54, 1.807) is 0 Å². The van der Waals surface area contributed by atoms with Crippen molar-refractivity contribution in [1.29, 1.82) is 0 Å². The van der Waals surface area contributed by atoms with E-state index in [1.807, 2.05) is 0 Å². The lowest BCUT2D eigenvalue weighted by Crippen LogP contribution is -2.42. The number of carbonyl (C=O) groups excluding carboxylic acids is 1. The molecular weight excluding hydrogens is 285 g/mol. The largest absolute Gasteiger partial charge is 0.354 e. The smallest absolute Gasteiger partial charge is 0.237 e. The minimum atomic E-state index is 0. The molecule has 0 radical (unpaired) electrons. The monoisotopic (exact) mass is 309 g/mol. The van der Waals surface area contributed by atoms with Crippen LogP contribution in [0.1, 0.15) is 32.1 Å². The highest BCUT2D eigenvalue weighted by atomic mass is 35.5. The van der Waals surface area contributed by atoms with Crippen LogP contribution in [0.3, 0.4) is 0 Å². The Balaban J connectivity index is 0.000000902. The van der Waals surface area contributed by atoms with Crippen molar-refractivity contribution in [2.75, 3.05) is 26.2 Å². The first-order valence-corrected chi connectivity index (χ1v) is 7.08. The topological polar surface area (TPSA) is 44.4 Å². The lowest BCUT2D eigenvalue weighted by molar-refractivity contribution is -0.122. The molecule has 2 heterocycles. The summed E-state index contributed by atoms with van der Waals surface area (Å²) in [6.07, 6.45) is 6.19.